The number of imide groups is 1. The van der Waals surface area contributed by atoms with Crippen molar-refractivity contribution in [3.8, 4) is 0 Å². The van der Waals surface area contributed by atoms with Gasteiger partial charge >= 0.3 is 18.1 Å². The van der Waals surface area contributed by atoms with E-state index in [0.29, 0.717) is 12.2 Å². The molecule has 1 aromatic rings. The van der Waals surface area contributed by atoms with Crippen LogP contribution >= 0.6 is 0 Å². The van der Waals surface area contributed by atoms with Crippen molar-refractivity contribution in [2.75, 3.05) is 18.4 Å². The number of ether oxygens (including phenoxy) is 2. The summed E-state index contributed by atoms with van der Waals surface area (Å²) in [6.07, 6.45) is -1.71. The van der Waals surface area contributed by atoms with Gasteiger partial charge in [-0.15, -0.1) is 0 Å². The van der Waals surface area contributed by atoms with Gasteiger partial charge < -0.3 is 14.8 Å². The van der Waals surface area contributed by atoms with E-state index in [1.807, 2.05) is 0 Å². The maximum atomic E-state index is 12.2. The molecule has 2 rings (SSSR count). The molecule has 1 aromatic carbocycles. The summed E-state index contributed by atoms with van der Waals surface area (Å²) in [6, 6.07) is 5.44. The van der Waals surface area contributed by atoms with Crippen molar-refractivity contribution in [2.45, 2.75) is 39.4 Å². The molecule has 0 saturated carbocycles. The highest BCUT2D eigenvalue weighted by atomic mass is 16.6. The molecule has 0 aliphatic carbocycles. The minimum atomic E-state index is -1.10. The first kappa shape index (κ1) is 20.2. The summed E-state index contributed by atoms with van der Waals surface area (Å²) in [5, 5.41) is 5.05. The molecule has 1 fully saturated rings. The fourth-order valence-corrected chi connectivity index (χ4v) is 2.29. The Morgan fingerprint density at radius 2 is 1.81 bits per heavy atom. The molecular formula is C18H23N3O6. The van der Waals surface area contributed by atoms with E-state index in [9.17, 15) is 19.2 Å². The zero-order valence-electron chi connectivity index (χ0n) is 15.7. The Hall–Kier alpha value is -3.10. The van der Waals surface area contributed by atoms with Gasteiger partial charge in [0, 0.05) is 18.8 Å². The molecule has 0 bridgehead atoms. The van der Waals surface area contributed by atoms with Crippen molar-refractivity contribution in [3.05, 3.63) is 29.8 Å². The standard InChI is InChI=1S/C18H23N3O6/c1-11(14(22)21-10-9-19-16(21)24)26-15(23)12-5-7-13(8-6-12)20-17(25)27-18(2,3)4/h5-8,11H,9-10H2,1-4H3,(H,19,24)(H,20,25)/t11-/m1/s1. The summed E-state index contributed by atoms with van der Waals surface area (Å²) in [6.45, 7) is 7.27. The van der Waals surface area contributed by atoms with Crippen LogP contribution in [-0.4, -0.2) is 53.7 Å². The summed E-state index contributed by atoms with van der Waals surface area (Å²) in [4.78, 5) is 48.5. The van der Waals surface area contributed by atoms with Crippen LogP contribution in [0.3, 0.4) is 0 Å². The number of carbonyl (C=O) groups is 4. The van der Waals surface area contributed by atoms with Crippen LogP contribution in [0.25, 0.3) is 0 Å². The largest absolute Gasteiger partial charge is 0.449 e. The van der Waals surface area contributed by atoms with Crippen molar-refractivity contribution in [2.24, 2.45) is 0 Å². The number of rotatable bonds is 4. The molecule has 9 heteroatoms. The van der Waals surface area contributed by atoms with Crippen molar-refractivity contribution >= 4 is 29.7 Å². The zero-order valence-corrected chi connectivity index (χ0v) is 15.7. The molecule has 0 radical (unpaired) electrons. The Kier molecular flexibility index (Phi) is 6.04. The zero-order chi connectivity index (χ0) is 20.2. The van der Waals surface area contributed by atoms with E-state index < -0.39 is 35.7 Å². The minimum absolute atomic E-state index is 0.204. The van der Waals surface area contributed by atoms with Gasteiger partial charge in [-0.3, -0.25) is 15.0 Å². The van der Waals surface area contributed by atoms with Gasteiger partial charge in [0.2, 0.25) is 0 Å². The van der Waals surface area contributed by atoms with Crippen LogP contribution in [0.1, 0.15) is 38.1 Å². The predicted octanol–water partition coefficient (Wildman–Crippen LogP) is 2.13. The number of hydrogen-bond donors (Lipinski definition) is 2. The third-order valence-electron chi connectivity index (χ3n) is 3.52. The molecule has 146 valence electrons. The first-order valence-corrected chi connectivity index (χ1v) is 8.47. The summed E-state index contributed by atoms with van der Waals surface area (Å²) in [5.74, 6) is -1.29. The van der Waals surface area contributed by atoms with E-state index in [1.54, 1.807) is 20.8 Å². The number of benzene rings is 1. The number of carbonyl (C=O) groups excluding carboxylic acids is 4. The number of urea groups is 1. The lowest BCUT2D eigenvalue weighted by atomic mass is 10.2. The second-order valence-corrected chi connectivity index (χ2v) is 6.97. The summed E-state index contributed by atoms with van der Waals surface area (Å²) >= 11 is 0. The molecule has 0 unspecified atom stereocenters. The Labute approximate surface area is 157 Å². The normalized spacial score (nSPS) is 15.0. The quantitative estimate of drug-likeness (QED) is 0.777. The molecule has 4 amide bonds. The Morgan fingerprint density at radius 1 is 1.19 bits per heavy atom. The Bertz CT molecular complexity index is 738. The van der Waals surface area contributed by atoms with Gasteiger partial charge in [0.25, 0.3) is 5.91 Å². The van der Waals surface area contributed by atoms with E-state index in [4.69, 9.17) is 9.47 Å². The molecule has 1 heterocycles. The molecule has 0 spiro atoms. The molecule has 1 atom stereocenters. The van der Waals surface area contributed by atoms with E-state index in [-0.39, 0.29) is 12.1 Å². The Balaban J connectivity index is 1.92. The molecule has 9 nitrogen and oxygen atoms in total. The number of amides is 4. The summed E-state index contributed by atoms with van der Waals surface area (Å²) in [5.41, 5.74) is 0.0249. The lowest BCUT2D eigenvalue weighted by molar-refractivity contribution is -0.136. The Morgan fingerprint density at radius 3 is 2.33 bits per heavy atom. The van der Waals surface area contributed by atoms with Crippen LogP contribution in [0.5, 0.6) is 0 Å². The number of anilines is 1. The SMILES string of the molecule is C[C@@H](OC(=O)c1ccc(NC(=O)OC(C)(C)C)cc1)C(=O)N1CCNC1=O. The van der Waals surface area contributed by atoms with Crippen molar-refractivity contribution < 1.29 is 28.7 Å². The van der Waals surface area contributed by atoms with Crippen molar-refractivity contribution in [3.63, 3.8) is 0 Å². The molecule has 0 aromatic heterocycles. The van der Waals surface area contributed by atoms with Gasteiger partial charge in [-0.25, -0.2) is 14.4 Å². The lowest BCUT2D eigenvalue weighted by Gasteiger charge is -2.19. The average Bonchev–Trinajstić information content (AvgIpc) is 2.98. The van der Waals surface area contributed by atoms with Crippen LogP contribution in [0, 0.1) is 0 Å². The molecule has 1 saturated heterocycles. The van der Waals surface area contributed by atoms with Gasteiger partial charge in [-0.05, 0) is 52.0 Å². The predicted molar refractivity (Wildman–Crippen MR) is 96.3 cm³/mol. The molecule has 27 heavy (non-hydrogen) atoms. The fraction of sp³-hybridized carbons (Fsp3) is 0.444. The number of nitrogens with one attached hydrogen (secondary N) is 2. The molecule has 1 aliphatic heterocycles. The second-order valence-electron chi connectivity index (χ2n) is 6.97. The highest BCUT2D eigenvalue weighted by Gasteiger charge is 2.31. The molecule has 1 aliphatic rings. The van der Waals surface area contributed by atoms with E-state index in [0.717, 1.165) is 4.90 Å². The van der Waals surface area contributed by atoms with Crippen molar-refractivity contribution in [1.82, 2.24) is 10.2 Å². The maximum Gasteiger partial charge on any atom is 0.412 e. The topological polar surface area (TPSA) is 114 Å². The fourth-order valence-electron chi connectivity index (χ4n) is 2.29. The first-order valence-electron chi connectivity index (χ1n) is 8.47. The number of nitrogens with zero attached hydrogens (tertiary/aromatic N) is 1. The van der Waals surface area contributed by atoms with E-state index in [1.165, 1.54) is 31.2 Å². The van der Waals surface area contributed by atoms with Crippen LogP contribution in [-0.2, 0) is 14.3 Å². The number of esters is 1. The van der Waals surface area contributed by atoms with Crippen LogP contribution in [0.4, 0.5) is 15.3 Å². The van der Waals surface area contributed by atoms with Gasteiger partial charge in [0.15, 0.2) is 6.10 Å². The highest BCUT2D eigenvalue weighted by Crippen LogP contribution is 2.14. The third-order valence-corrected chi connectivity index (χ3v) is 3.52. The lowest BCUT2D eigenvalue weighted by Crippen LogP contribution is -2.41. The average molecular weight is 377 g/mol. The first-order chi connectivity index (χ1) is 12.6. The monoisotopic (exact) mass is 377 g/mol. The minimum Gasteiger partial charge on any atom is -0.449 e. The highest BCUT2D eigenvalue weighted by molar-refractivity contribution is 5.99. The smallest absolute Gasteiger partial charge is 0.412 e. The van der Waals surface area contributed by atoms with Crippen LogP contribution < -0.4 is 10.6 Å². The van der Waals surface area contributed by atoms with E-state index >= 15 is 0 Å². The van der Waals surface area contributed by atoms with E-state index in [2.05, 4.69) is 10.6 Å². The summed E-state index contributed by atoms with van der Waals surface area (Å²) in [7, 11) is 0. The van der Waals surface area contributed by atoms with Crippen LogP contribution in [0.15, 0.2) is 24.3 Å². The van der Waals surface area contributed by atoms with Gasteiger partial charge in [-0.1, -0.05) is 0 Å². The van der Waals surface area contributed by atoms with Gasteiger partial charge in [-0.2, -0.15) is 0 Å². The summed E-state index contributed by atoms with van der Waals surface area (Å²) < 4.78 is 10.3. The molecular weight excluding hydrogens is 354 g/mol. The third kappa shape index (κ3) is 5.70. The molecule has 2 N–H and O–H groups in total. The second kappa shape index (κ2) is 8.07. The van der Waals surface area contributed by atoms with Crippen LogP contribution in [0.2, 0.25) is 0 Å². The number of hydrogen-bond acceptors (Lipinski definition) is 6. The van der Waals surface area contributed by atoms with Crippen molar-refractivity contribution in [1.29, 1.82) is 0 Å². The van der Waals surface area contributed by atoms with Gasteiger partial charge in [0.1, 0.15) is 5.60 Å². The maximum absolute atomic E-state index is 12.2. The van der Waals surface area contributed by atoms with Gasteiger partial charge in [0.05, 0.1) is 5.56 Å².